The number of carbonyl (C=O) groups is 2. The number of hydrogen-bond acceptors (Lipinski definition) is 3. The Labute approximate surface area is 107 Å². The summed E-state index contributed by atoms with van der Waals surface area (Å²) in [7, 11) is 0. The molecule has 0 unspecified atom stereocenters. The highest BCUT2D eigenvalue weighted by atomic mass is 79.9. The summed E-state index contributed by atoms with van der Waals surface area (Å²) >= 11 is 3.24. The highest BCUT2D eigenvalue weighted by molar-refractivity contribution is 9.10. The largest absolute Gasteiger partial charge is 0.481 e. The third-order valence-corrected chi connectivity index (χ3v) is 2.83. The third-order valence-electron chi connectivity index (χ3n) is 2.11. The van der Waals surface area contributed by atoms with Crippen molar-refractivity contribution < 1.29 is 14.7 Å². The molecule has 0 spiro atoms. The van der Waals surface area contributed by atoms with Gasteiger partial charge in [-0.2, -0.15) is 0 Å². The van der Waals surface area contributed by atoms with Crippen LogP contribution in [0.3, 0.4) is 0 Å². The van der Waals surface area contributed by atoms with Crippen molar-refractivity contribution in [2.24, 2.45) is 0 Å². The maximum Gasteiger partial charge on any atom is 0.303 e. The monoisotopic (exact) mass is 300 g/mol. The van der Waals surface area contributed by atoms with Crippen LogP contribution in [-0.2, 0) is 4.79 Å². The number of rotatable bonds is 5. The summed E-state index contributed by atoms with van der Waals surface area (Å²) in [6.07, 6.45) is 0.454. The summed E-state index contributed by atoms with van der Waals surface area (Å²) < 4.78 is 0.736. The fraction of sp³-hybridized carbons (Fsp3) is 0.273. The molecule has 0 saturated heterocycles. The Balaban J connectivity index is 2.47. The van der Waals surface area contributed by atoms with Gasteiger partial charge >= 0.3 is 5.97 Å². The number of nitrogens with one attached hydrogen (secondary N) is 1. The average Bonchev–Trinajstić information content (AvgIpc) is 2.27. The number of carboxylic acid groups (broad SMARTS) is 1. The molecular weight excluding hydrogens is 288 g/mol. The molecule has 0 fully saturated rings. The first-order chi connectivity index (χ1) is 8.00. The lowest BCUT2D eigenvalue weighted by Crippen LogP contribution is -2.24. The summed E-state index contributed by atoms with van der Waals surface area (Å²) in [5, 5.41) is 11.1. The Bertz CT molecular complexity index is 435. The maximum atomic E-state index is 11.6. The van der Waals surface area contributed by atoms with Crippen molar-refractivity contribution in [3.63, 3.8) is 0 Å². The molecule has 5 nitrogen and oxygen atoms in total. The summed E-state index contributed by atoms with van der Waals surface area (Å²) in [5.41, 5.74) is 6.60. The lowest BCUT2D eigenvalue weighted by atomic mass is 10.2. The molecule has 6 heteroatoms. The van der Waals surface area contributed by atoms with E-state index in [2.05, 4.69) is 21.2 Å². The fourth-order valence-electron chi connectivity index (χ4n) is 1.23. The van der Waals surface area contributed by atoms with Gasteiger partial charge in [-0.1, -0.05) is 0 Å². The van der Waals surface area contributed by atoms with E-state index in [1.807, 2.05) is 0 Å². The smallest absolute Gasteiger partial charge is 0.303 e. The van der Waals surface area contributed by atoms with Crippen LogP contribution < -0.4 is 11.1 Å². The lowest BCUT2D eigenvalue weighted by Gasteiger charge is -2.05. The van der Waals surface area contributed by atoms with E-state index in [9.17, 15) is 9.59 Å². The van der Waals surface area contributed by atoms with Crippen molar-refractivity contribution >= 4 is 33.5 Å². The van der Waals surface area contributed by atoms with Gasteiger partial charge in [0.25, 0.3) is 5.91 Å². The number of carbonyl (C=O) groups excluding carboxylic acids is 1. The minimum absolute atomic E-state index is 0.0444. The van der Waals surface area contributed by atoms with Crippen molar-refractivity contribution in [2.45, 2.75) is 12.8 Å². The molecule has 1 rings (SSSR count). The van der Waals surface area contributed by atoms with Crippen molar-refractivity contribution in [2.75, 3.05) is 12.3 Å². The van der Waals surface area contributed by atoms with E-state index >= 15 is 0 Å². The zero-order chi connectivity index (χ0) is 12.8. The van der Waals surface area contributed by atoms with Crippen LogP contribution >= 0.6 is 15.9 Å². The van der Waals surface area contributed by atoms with Crippen LogP contribution in [0, 0.1) is 0 Å². The fourth-order valence-corrected chi connectivity index (χ4v) is 1.48. The number of halogens is 1. The number of anilines is 1. The molecule has 0 saturated carbocycles. The van der Waals surface area contributed by atoms with Gasteiger partial charge in [0.2, 0.25) is 0 Å². The predicted molar refractivity (Wildman–Crippen MR) is 67.8 cm³/mol. The molecule has 17 heavy (non-hydrogen) atoms. The zero-order valence-corrected chi connectivity index (χ0v) is 10.7. The number of nitrogens with two attached hydrogens (primary N) is 1. The van der Waals surface area contributed by atoms with Crippen LogP contribution in [0.25, 0.3) is 0 Å². The molecule has 4 N–H and O–H groups in total. The van der Waals surface area contributed by atoms with E-state index < -0.39 is 5.97 Å². The second-order valence-corrected chi connectivity index (χ2v) is 4.34. The molecule has 1 aromatic rings. The van der Waals surface area contributed by atoms with Crippen LogP contribution in [0.5, 0.6) is 0 Å². The number of benzene rings is 1. The first-order valence-electron chi connectivity index (χ1n) is 5.05. The topological polar surface area (TPSA) is 92.4 Å². The summed E-state index contributed by atoms with van der Waals surface area (Å²) in [6.45, 7) is 0.334. The Morgan fingerprint density at radius 3 is 2.71 bits per heavy atom. The Morgan fingerprint density at radius 2 is 2.12 bits per heavy atom. The Morgan fingerprint density at radius 1 is 1.41 bits per heavy atom. The first-order valence-corrected chi connectivity index (χ1v) is 5.85. The summed E-state index contributed by atoms with van der Waals surface area (Å²) in [5.74, 6) is -1.12. The van der Waals surface area contributed by atoms with Crippen molar-refractivity contribution in [3.8, 4) is 0 Å². The zero-order valence-electron chi connectivity index (χ0n) is 9.07. The van der Waals surface area contributed by atoms with E-state index in [-0.39, 0.29) is 12.3 Å². The highest BCUT2D eigenvalue weighted by Crippen LogP contribution is 2.19. The van der Waals surface area contributed by atoms with Crippen molar-refractivity contribution in [3.05, 3.63) is 28.2 Å². The van der Waals surface area contributed by atoms with Crippen molar-refractivity contribution in [1.82, 2.24) is 5.32 Å². The number of amides is 1. The second-order valence-electron chi connectivity index (χ2n) is 3.49. The molecule has 0 aliphatic heterocycles. The molecule has 0 heterocycles. The molecule has 0 aliphatic carbocycles. The summed E-state index contributed by atoms with van der Waals surface area (Å²) in [6, 6.07) is 4.91. The molecule has 0 aliphatic rings. The van der Waals surface area contributed by atoms with Crippen LogP contribution in [0.2, 0.25) is 0 Å². The molecule has 0 aromatic heterocycles. The van der Waals surface area contributed by atoms with Gasteiger partial charge < -0.3 is 16.2 Å². The molecule has 0 radical (unpaired) electrons. The highest BCUT2D eigenvalue weighted by Gasteiger charge is 2.06. The molecule has 1 aromatic carbocycles. The van der Waals surface area contributed by atoms with Gasteiger partial charge in [0, 0.05) is 28.7 Å². The SMILES string of the molecule is Nc1cc(C(=O)NCCCC(=O)O)ccc1Br. The first kappa shape index (κ1) is 13.5. The number of nitrogen functional groups attached to an aromatic ring is 1. The van der Waals surface area contributed by atoms with Crippen LogP contribution in [0.1, 0.15) is 23.2 Å². The minimum Gasteiger partial charge on any atom is -0.481 e. The molecule has 1 amide bonds. The van der Waals surface area contributed by atoms with Gasteiger partial charge in [0.1, 0.15) is 0 Å². The average molecular weight is 301 g/mol. The minimum atomic E-state index is -0.868. The van der Waals surface area contributed by atoms with E-state index in [1.54, 1.807) is 18.2 Å². The van der Waals surface area contributed by atoms with Crippen LogP contribution in [0.4, 0.5) is 5.69 Å². The predicted octanol–water partition coefficient (Wildman–Crippen LogP) is 1.63. The standard InChI is InChI=1S/C11H13BrN2O3/c12-8-4-3-7(6-9(8)13)11(17)14-5-1-2-10(15)16/h3-4,6H,1-2,5,13H2,(H,14,17)(H,15,16). The number of hydrogen-bond donors (Lipinski definition) is 3. The van der Waals surface area contributed by atoms with Gasteiger partial charge in [-0.25, -0.2) is 0 Å². The maximum absolute atomic E-state index is 11.6. The molecule has 0 bridgehead atoms. The van der Waals surface area contributed by atoms with Crippen molar-refractivity contribution in [1.29, 1.82) is 0 Å². The van der Waals surface area contributed by atoms with E-state index in [4.69, 9.17) is 10.8 Å². The van der Waals surface area contributed by atoms with Gasteiger partial charge in [-0.15, -0.1) is 0 Å². The van der Waals surface area contributed by atoms with E-state index in [0.717, 1.165) is 4.47 Å². The summed E-state index contributed by atoms with van der Waals surface area (Å²) in [4.78, 5) is 21.9. The van der Waals surface area contributed by atoms with Gasteiger partial charge in [0.05, 0.1) is 0 Å². The van der Waals surface area contributed by atoms with Crippen LogP contribution in [0.15, 0.2) is 22.7 Å². The molecular formula is C11H13BrN2O3. The lowest BCUT2D eigenvalue weighted by molar-refractivity contribution is -0.137. The molecule has 0 atom stereocenters. The van der Waals surface area contributed by atoms with Gasteiger partial charge in [-0.05, 0) is 40.5 Å². The quantitative estimate of drug-likeness (QED) is 0.569. The van der Waals surface area contributed by atoms with E-state index in [1.165, 1.54) is 0 Å². The Hall–Kier alpha value is -1.56. The Kier molecular flexibility index (Phi) is 4.96. The van der Waals surface area contributed by atoms with E-state index in [0.29, 0.717) is 24.2 Å². The normalized spacial score (nSPS) is 9.94. The molecule has 92 valence electrons. The third kappa shape index (κ3) is 4.44. The van der Waals surface area contributed by atoms with Gasteiger partial charge in [-0.3, -0.25) is 9.59 Å². The number of aliphatic carboxylic acids is 1. The van der Waals surface area contributed by atoms with Crippen LogP contribution in [-0.4, -0.2) is 23.5 Å². The van der Waals surface area contributed by atoms with Gasteiger partial charge in [0.15, 0.2) is 0 Å². The number of carboxylic acids is 1. The second kappa shape index (κ2) is 6.24.